The van der Waals surface area contributed by atoms with Gasteiger partial charge >= 0.3 is 6.09 Å². The van der Waals surface area contributed by atoms with Crippen LogP contribution >= 0.6 is 0 Å². The van der Waals surface area contributed by atoms with E-state index in [4.69, 9.17) is 9.72 Å². The van der Waals surface area contributed by atoms with Crippen molar-refractivity contribution in [1.29, 1.82) is 0 Å². The molecule has 0 bridgehead atoms. The number of rotatable bonds is 3. The van der Waals surface area contributed by atoms with Gasteiger partial charge in [0.05, 0.1) is 41.7 Å². The van der Waals surface area contributed by atoms with Crippen molar-refractivity contribution < 1.29 is 19.4 Å². The number of benzene rings is 1. The summed E-state index contributed by atoms with van der Waals surface area (Å²) in [5.74, 6) is 6.21. The molecule has 2 aliphatic rings. The highest BCUT2D eigenvalue weighted by Gasteiger charge is 2.53. The van der Waals surface area contributed by atoms with Gasteiger partial charge in [0.2, 0.25) is 5.91 Å². The number of ether oxygens (including phenoxy) is 1. The van der Waals surface area contributed by atoms with Crippen molar-refractivity contribution in [2.75, 3.05) is 24.6 Å². The summed E-state index contributed by atoms with van der Waals surface area (Å²) in [5, 5.41) is 11.2. The van der Waals surface area contributed by atoms with Gasteiger partial charge in [-0.1, -0.05) is 36.1 Å². The molecule has 2 aromatic heterocycles. The van der Waals surface area contributed by atoms with Crippen LogP contribution in [0.2, 0.25) is 0 Å². The molecular formula is C30H32N4O4. The Morgan fingerprint density at radius 3 is 2.66 bits per heavy atom. The summed E-state index contributed by atoms with van der Waals surface area (Å²) in [6.07, 6.45) is 6.28. The summed E-state index contributed by atoms with van der Waals surface area (Å²) >= 11 is 0. The number of likely N-dealkylation sites (tertiary alicyclic amines) is 1. The topological polar surface area (TPSA) is 95.9 Å². The first-order valence-electron chi connectivity index (χ1n) is 12.9. The second-order valence-corrected chi connectivity index (χ2v) is 10.8. The quantitative estimate of drug-likeness (QED) is 0.529. The number of aliphatic hydroxyl groups is 1. The molecule has 5 rings (SSSR count). The third-order valence-corrected chi connectivity index (χ3v) is 7.17. The molecule has 1 N–H and O–H groups in total. The number of anilines is 1. The standard InChI is InChI=1S/C30H32N4O4/c1-29(2,3)38-28(37)33-15-12-30(13-16-33)24-11-14-31-19-26(24)34(27(30)36)20-25-23(10-6-7-17-35)22-9-5-4-8-21(22)18-32-25/h4-5,8-9,11,14,18-19,35H,7,12-13,15-17,20H2,1-3H3. The molecule has 8 nitrogen and oxygen atoms in total. The Morgan fingerprint density at radius 2 is 1.92 bits per heavy atom. The Kier molecular flexibility index (Phi) is 6.80. The number of piperidine rings is 1. The van der Waals surface area contributed by atoms with Crippen LogP contribution in [-0.2, 0) is 21.5 Å². The van der Waals surface area contributed by atoms with E-state index >= 15 is 0 Å². The average molecular weight is 513 g/mol. The van der Waals surface area contributed by atoms with E-state index in [1.165, 1.54) is 0 Å². The maximum Gasteiger partial charge on any atom is 0.410 e. The molecule has 0 atom stereocenters. The van der Waals surface area contributed by atoms with Gasteiger partial charge in [0, 0.05) is 42.7 Å². The van der Waals surface area contributed by atoms with Crippen molar-refractivity contribution in [1.82, 2.24) is 14.9 Å². The van der Waals surface area contributed by atoms with Crippen LogP contribution < -0.4 is 4.90 Å². The largest absolute Gasteiger partial charge is 0.444 e. The fraction of sp³-hybridized carbons (Fsp3) is 0.400. The van der Waals surface area contributed by atoms with E-state index in [-0.39, 0.29) is 25.2 Å². The zero-order valence-electron chi connectivity index (χ0n) is 22.0. The van der Waals surface area contributed by atoms with E-state index in [0.717, 1.165) is 27.6 Å². The molecule has 0 aliphatic carbocycles. The first kappa shape index (κ1) is 25.7. The van der Waals surface area contributed by atoms with Gasteiger partial charge in [-0.2, -0.15) is 0 Å². The molecular weight excluding hydrogens is 480 g/mol. The van der Waals surface area contributed by atoms with Gasteiger partial charge in [-0.05, 0) is 45.2 Å². The second kappa shape index (κ2) is 10.1. The molecule has 1 aromatic carbocycles. The number of aromatic nitrogens is 2. The Labute approximate surface area is 222 Å². The van der Waals surface area contributed by atoms with E-state index in [9.17, 15) is 14.7 Å². The zero-order chi connectivity index (χ0) is 26.9. The van der Waals surface area contributed by atoms with Crippen molar-refractivity contribution >= 4 is 28.5 Å². The van der Waals surface area contributed by atoms with Crippen LogP contribution in [0.5, 0.6) is 0 Å². The summed E-state index contributed by atoms with van der Waals surface area (Å²) in [6.45, 7) is 6.64. The lowest BCUT2D eigenvalue weighted by atomic mass is 9.74. The minimum Gasteiger partial charge on any atom is -0.444 e. The summed E-state index contributed by atoms with van der Waals surface area (Å²) in [4.78, 5) is 39.3. The van der Waals surface area contributed by atoms with Crippen molar-refractivity contribution in [3.8, 4) is 11.8 Å². The molecule has 0 saturated carbocycles. The van der Waals surface area contributed by atoms with E-state index < -0.39 is 11.0 Å². The maximum absolute atomic E-state index is 14.2. The SMILES string of the molecule is CC(C)(C)OC(=O)N1CCC2(CC1)C(=O)N(Cc1ncc3ccccc3c1C#CCCO)c1cnccc12. The van der Waals surface area contributed by atoms with Crippen LogP contribution in [0, 0.1) is 11.8 Å². The highest BCUT2D eigenvalue weighted by Crippen LogP contribution is 2.48. The van der Waals surface area contributed by atoms with E-state index in [0.29, 0.717) is 38.0 Å². The predicted octanol–water partition coefficient (Wildman–Crippen LogP) is 4.18. The smallest absolute Gasteiger partial charge is 0.410 e. The molecule has 2 amide bonds. The van der Waals surface area contributed by atoms with Crippen molar-refractivity contribution in [2.24, 2.45) is 0 Å². The number of hydrogen-bond acceptors (Lipinski definition) is 6. The zero-order valence-corrected chi connectivity index (χ0v) is 22.0. The fourth-order valence-corrected chi connectivity index (χ4v) is 5.35. The molecule has 4 heterocycles. The molecule has 2 aliphatic heterocycles. The fourth-order valence-electron chi connectivity index (χ4n) is 5.35. The number of aliphatic hydroxyl groups excluding tert-OH is 1. The Bertz CT molecular complexity index is 1440. The van der Waals surface area contributed by atoms with Gasteiger partial charge in [0.1, 0.15) is 5.60 Å². The van der Waals surface area contributed by atoms with Gasteiger partial charge in [-0.3, -0.25) is 14.8 Å². The molecule has 3 aromatic rings. The number of amides is 2. The molecule has 8 heteroatoms. The van der Waals surface area contributed by atoms with Crippen molar-refractivity contribution in [3.63, 3.8) is 0 Å². The van der Waals surface area contributed by atoms with Gasteiger partial charge < -0.3 is 19.6 Å². The highest BCUT2D eigenvalue weighted by molar-refractivity contribution is 6.08. The van der Waals surface area contributed by atoms with E-state index in [1.807, 2.05) is 57.3 Å². The number of fused-ring (bicyclic) bond motifs is 3. The lowest BCUT2D eigenvalue weighted by Gasteiger charge is -2.38. The van der Waals surface area contributed by atoms with Crippen LogP contribution in [0.4, 0.5) is 10.5 Å². The molecule has 1 spiro atoms. The predicted molar refractivity (Wildman–Crippen MR) is 144 cm³/mol. The summed E-state index contributed by atoms with van der Waals surface area (Å²) < 4.78 is 5.56. The highest BCUT2D eigenvalue weighted by atomic mass is 16.6. The van der Waals surface area contributed by atoms with Crippen molar-refractivity contribution in [2.45, 2.75) is 57.6 Å². The Hall–Kier alpha value is -3.96. The number of carbonyl (C=O) groups excluding carboxylic acids is 2. The molecule has 196 valence electrons. The third-order valence-electron chi connectivity index (χ3n) is 7.17. The molecule has 0 unspecified atom stereocenters. The minimum absolute atomic E-state index is 0.00596. The first-order valence-corrected chi connectivity index (χ1v) is 12.9. The number of pyridine rings is 2. The van der Waals surface area contributed by atoms with Crippen LogP contribution in [-0.4, -0.2) is 57.3 Å². The monoisotopic (exact) mass is 512 g/mol. The summed E-state index contributed by atoms with van der Waals surface area (Å²) in [7, 11) is 0. The van der Waals surface area contributed by atoms with Gasteiger partial charge in [-0.25, -0.2) is 4.79 Å². The molecule has 0 radical (unpaired) electrons. The van der Waals surface area contributed by atoms with E-state index in [2.05, 4.69) is 16.8 Å². The van der Waals surface area contributed by atoms with Crippen LogP contribution in [0.3, 0.4) is 0 Å². The number of carbonyl (C=O) groups is 2. The molecule has 38 heavy (non-hydrogen) atoms. The lowest BCUT2D eigenvalue weighted by Crippen LogP contribution is -2.50. The van der Waals surface area contributed by atoms with Crippen LogP contribution in [0.25, 0.3) is 10.8 Å². The Morgan fingerprint density at radius 1 is 1.16 bits per heavy atom. The molecule has 1 saturated heterocycles. The van der Waals surface area contributed by atoms with Crippen LogP contribution in [0.15, 0.2) is 48.9 Å². The van der Waals surface area contributed by atoms with Gasteiger partial charge in [0.25, 0.3) is 0 Å². The minimum atomic E-state index is -0.726. The lowest BCUT2D eigenvalue weighted by molar-refractivity contribution is -0.125. The summed E-state index contributed by atoms with van der Waals surface area (Å²) in [5.41, 5.74) is 1.87. The van der Waals surface area contributed by atoms with Gasteiger partial charge in [0.15, 0.2) is 0 Å². The summed E-state index contributed by atoms with van der Waals surface area (Å²) in [6, 6.07) is 9.81. The Balaban J connectivity index is 1.47. The third kappa shape index (κ3) is 4.70. The molecule has 1 fully saturated rings. The van der Waals surface area contributed by atoms with Crippen molar-refractivity contribution in [3.05, 3.63) is 65.7 Å². The van der Waals surface area contributed by atoms with Gasteiger partial charge in [-0.15, -0.1) is 0 Å². The maximum atomic E-state index is 14.2. The average Bonchev–Trinajstić information content (AvgIpc) is 3.12. The number of nitrogens with zero attached hydrogens (tertiary/aromatic N) is 4. The second-order valence-electron chi connectivity index (χ2n) is 10.8. The van der Waals surface area contributed by atoms with Crippen LogP contribution in [0.1, 0.15) is 56.9 Å². The first-order chi connectivity index (χ1) is 18.2. The van der Waals surface area contributed by atoms with E-state index in [1.54, 1.807) is 22.2 Å². The normalized spacial score (nSPS) is 16.4. The number of hydrogen-bond donors (Lipinski definition) is 1.